The Hall–Kier alpha value is -3.31. The second-order valence-electron chi connectivity index (χ2n) is 8.51. The molecule has 0 N–H and O–H groups in total. The first-order valence-corrected chi connectivity index (χ1v) is 11.7. The first-order valence-electron chi connectivity index (χ1n) is 11.3. The number of para-hydroxylation sites is 2. The first-order chi connectivity index (χ1) is 16.1. The molecule has 2 heterocycles. The van der Waals surface area contributed by atoms with Gasteiger partial charge >= 0.3 is 0 Å². The summed E-state index contributed by atoms with van der Waals surface area (Å²) in [4.78, 5) is 19.6. The molecule has 1 aliphatic rings. The predicted molar refractivity (Wildman–Crippen MR) is 132 cm³/mol. The Bertz CT molecular complexity index is 1280. The summed E-state index contributed by atoms with van der Waals surface area (Å²) in [6.45, 7) is 4.08. The Morgan fingerprint density at radius 1 is 1.06 bits per heavy atom. The summed E-state index contributed by atoms with van der Waals surface area (Å²) in [6.07, 6.45) is 1.30. The molecule has 0 aliphatic carbocycles. The number of benzene rings is 3. The molecule has 0 saturated carbocycles. The fourth-order valence-electron chi connectivity index (χ4n) is 4.51. The van der Waals surface area contributed by atoms with Crippen molar-refractivity contribution in [2.24, 2.45) is 0 Å². The van der Waals surface area contributed by atoms with Crippen LogP contribution < -0.4 is 9.64 Å². The molecule has 1 aliphatic heterocycles. The summed E-state index contributed by atoms with van der Waals surface area (Å²) in [5, 5.41) is 0.664. The summed E-state index contributed by atoms with van der Waals surface area (Å²) in [5.41, 5.74) is 4.12. The number of rotatable bonds is 7. The largest absolute Gasteiger partial charge is 0.494 e. The molecular weight excluding hydrogens is 434 g/mol. The monoisotopic (exact) mass is 459 g/mol. The molecule has 5 rings (SSSR count). The number of anilines is 1. The van der Waals surface area contributed by atoms with Gasteiger partial charge in [-0.15, -0.1) is 0 Å². The predicted octanol–water partition coefficient (Wildman–Crippen LogP) is 5.99. The Morgan fingerprint density at radius 3 is 2.70 bits per heavy atom. The van der Waals surface area contributed by atoms with E-state index in [1.807, 2.05) is 65.6 Å². The van der Waals surface area contributed by atoms with Gasteiger partial charge in [0.2, 0.25) is 5.91 Å². The van der Waals surface area contributed by atoms with Crippen molar-refractivity contribution in [1.82, 2.24) is 9.55 Å². The van der Waals surface area contributed by atoms with Gasteiger partial charge in [0.15, 0.2) is 0 Å². The van der Waals surface area contributed by atoms with E-state index in [1.54, 1.807) is 0 Å². The maximum absolute atomic E-state index is 12.9. The maximum Gasteiger partial charge on any atom is 0.227 e. The lowest BCUT2D eigenvalue weighted by Gasteiger charge is -2.17. The quantitative estimate of drug-likeness (QED) is 0.319. The number of amides is 1. The summed E-state index contributed by atoms with van der Waals surface area (Å²) in [6, 6.07) is 23.7. The Kier molecular flexibility index (Phi) is 6.05. The maximum atomic E-state index is 12.9. The number of hydrogen-bond acceptors (Lipinski definition) is 3. The van der Waals surface area contributed by atoms with E-state index in [0.717, 1.165) is 41.3 Å². The number of carbonyl (C=O) groups is 1. The Morgan fingerprint density at radius 2 is 1.88 bits per heavy atom. The third-order valence-electron chi connectivity index (χ3n) is 6.10. The summed E-state index contributed by atoms with van der Waals surface area (Å²) in [7, 11) is 0. The van der Waals surface area contributed by atoms with Crippen molar-refractivity contribution in [3.63, 3.8) is 0 Å². The topological polar surface area (TPSA) is 47.4 Å². The molecule has 5 nitrogen and oxygen atoms in total. The number of hydrogen-bond donors (Lipinski definition) is 0. The molecule has 33 heavy (non-hydrogen) atoms. The highest BCUT2D eigenvalue weighted by Crippen LogP contribution is 2.33. The minimum Gasteiger partial charge on any atom is -0.494 e. The number of fused-ring (bicyclic) bond motifs is 1. The summed E-state index contributed by atoms with van der Waals surface area (Å²) >= 11 is 6.03. The van der Waals surface area contributed by atoms with Crippen molar-refractivity contribution < 1.29 is 9.53 Å². The van der Waals surface area contributed by atoms with Crippen LogP contribution in [0.25, 0.3) is 11.0 Å². The second-order valence-corrected chi connectivity index (χ2v) is 8.95. The number of aryl methyl sites for hydroxylation is 2. The van der Waals surface area contributed by atoms with E-state index < -0.39 is 0 Å². The fourth-order valence-corrected chi connectivity index (χ4v) is 4.64. The van der Waals surface area contributed by atoms with Crippen LogP contribution in [0, 0.1) is 6.92 Å². The van der Waals surface area contributed by atoms with Crippen LogP contribution in [0.3, 0.4) is 0 Å². The molecule has 0 unspecified atom stereocenters. The molecular formula is C27H26ClN3O2. The van der Waals surface area contributed by atoms with E-state index in [-0.39, 0.29) is 11.8 Å². The van der Waals surface area contributed by atoms with Crippen molar-refractivity contribution in [3.8, 4) is 5.75 Å². The lowest BCUT2D eigenvalue weighted by molar-refractivity contribution is -0.117. The van der Waals surface area contributed by atoms with E-state index in [9.17, 15) is 4.79 Å². The van der Waals surface area contributed by atoms with Crippen LogP contribution in [0.15, 0.2) is 72.8 Å². The minimum absolute atomic E-state index is 0.0401. The van der Waals surface area contributed by atoms with Gasteiger partial charge in [-0.05, 0) is 67.4 Å². The zero-order valence-corrected chi connectivity index (χ0v) is 19.3. The van der Waals surface area contributed by atoms with Crippen LogP contribution in [0.1, 0.15) is 30.1 Å². The zero-order chi connectivity index (χ0) is 22.8. The molecule has 0 spiro atoms. The molecule has 168 valence electrons. The minimum atomic E-state index is 0.0401. The van der Waals surface area contributed by atoms with Gasteiger partial charge in [-0.2, -0.15) is 0 Å². The number of imidazole rings is 1. The van der Waals surface area contributed by atoms with Gasteiger partial charge in [-0.3, -0.25) is 4.79 Å². The SMILES string of the molecule is Cc1cccc(OCCCn2c([C@H]3CC(=O)N(c4ccc(Cl)cc4)C3)nc3ccccc32)c1. The van der Waals surface area contributed by atoms with E-state index in [4.69, 9.17) is 21.3 Å². The molecule has 0 radical (unpaired) electrons. The van der Waals surface area contributed by atoms with E-state index in [0.29, 0.717) is 24.6 Å². The number of carbonyl (C=O) groups excluding carboxylic acids is 1. The van der Waals surface area contributed by atoms with Crippen LogP contribution in [-0.2, 0) is 11.3 Å². The molecule has 3 aromatic carbocycles. The van der Waals surface area contributed by atoms with Gasteiger partial charge in [0, 0.05) is 36.1 Å². The molecule has 0 bridgehead atoms. The van der Waals surface area contributed by atoms with Gasteiger partial charge < -0.3 is 14.2 Å². The van der Waals surface area contributed by atoms with Crippen molar-refractivity contribution >= 4 is 34.2 Å². The average Bonchev–Trinajstić information content (AvgIpc) is 3.38. The standard InChI is InChI=1S/C27H26ClN3O2/c1-19-6-4-7-23(16-19)33-15-5-14-30-25-9-3-2-8-24(25)29-27(30)20-17-26(32)31(18-20)22-12-10-21(28)11-13-22/h2-4,6-13,16,20H,5,14-15,17-18H2,1H3/t20-/m0/s1. The number of aromatic nitrogens is 2. The van der Waals surface area contributed by atoms with E-state index in [1.165, 1.54) is 5.56 Å². The Labute approximate surface area is 198 Å². The van der Waals surface area contributed by atoms with Crippen LogP contribution in [0.2, 0.25) is 5.02 Å². The van der Waals surface area contributed by atoms with E-state index >= 15 is 0 Å². The van der Waals surface area contributed by atoms with Gasteiger partial charge in [0.1, 0.15) is 11.6 Å². The van der Waals surface area contributed by atoms with Crippen molar-refractivity contribution in [1.29, 1.82) is 0 Å². The van der Waals surface area contributed by atoms with Gasteiger partial charge in [-0.1, -0.05) is 35.9 Å². The molecule has 4 aromatic rings. The number of halogens is 1. The second kappa shape index (κ2) is 9.28. The summed E-state index contributed by atoms with van der Waals surface area (Å²) in [5.74, 6) is 2.02. The van der Waals surface area contributed by atoms with Crippen LogP contribution >= 0.6 is 11.6 Å². The van der Waals surface area contributed by atoms with Crippen molar-refractivity contribution in [2.75, 3.05) is 18.1 Å². The summed E-state index contributed by atoms with van der Waals surface area (Å²) < 4.78 is 8.22. The number of ether oxygens (including phenoxy) is 1. The highest BCUT2D eigenvalue weighted by molar-refractivity contribution is 6.30. The average molecular weight is 460 g/mol. The third kappa shape index (κ3) is 4.60. The first kappa shape index (κ1) is 21.5. The molecule has 1 amide bonds. The van der Waals surface area contributed by atoms with Gasteiger partial charge in [0.25, 0.3) is 0 Å². The molecule has 1 fully saturated rings. The molecule has 1 saturated heterocycles. The highest BCUT2D eigenvalue weighted by atomic mass is 35.5. The molecule has 1 aromatic heterocycles. The lowest BCUT2D eigenvalue weighted by Crippen LogP contribution is -2.24. The van der Waals surface area contributed by atoms with E-state index in [2.05, 4.69) is 23.6 Å². The lowest BCUT2D eigenvalue weighted by atomic mass is 10.1. The zero-order valence-electron chi connectivity index (χ0n) is 18.6. The van der Waals surface area contributed by atoms with Crippen LogP contribution in [-0.4, -0.2) is 28.6 Å². The van der Waals surface area contributed by atoms with Gasteiger partial charge in [-0.25, -0.2) is 4.98 Å². The smallest absolute Gasteiger partial charge is 0.227 e. The van der Waals surface area contributed by atoms with Crippen LogP contribution in [0.4, 0.5) is 5.69 Å². The van der Waals surface area contributed by atoms with Crippen molar-refractivity contribution in [2.45, 2.75) is 32.2 Å². The van der Waals surface area contributed by atoms with Gasteiger partial charge in [0.05, 0.1) is 17.6 Å². The Balaban J connectivity index is 1.34. The van der Waals surface area contributed by atoms with Crippen LogP contribution in [0.5, 0.6) is 5.75 Å². The fraction of sp³-hybridized carbons (Fsp3) is 0.259. The molecule has 1 atom stereocenters. The third-order valence-corrected chi connectivity index (χ3v) is 6.35. The van der Waals surface area contributed by atoms with Crippen molar-refractivity contribution in [3.05, 3.63) is 89.2 Å². The highest BCUT2D eigenvalue weighted by Gasteiger charge is 2.34. The molecule has 6 heteroatoms. The number of nitrogens with zero attached hydrogens (tertiary/aromatic N) is 3. The normalized spacial score (nSPS) is 16.0.